The third kappa shape index (κ3) is 3.27. The van der Waals surface area contributed by atoms with E-state index in [0.717, 1.165) is 24.8 Å². The topological polar surface area (TPSA) is 107 Å². The van der Waals surface area contributed by atoms with Crippen molar-refractivity contribution in [2.45, 2.75) is 84.3 Å². The Bertz CT molecular complexity index is 891. The molecule has 0 radical (unpaired) electrons. The minimum absolute atomic E-state index is 0.00498. The summed E-state index contributed by atoms with van der Waals surface area (Å²) in [5.41, 5.74) is -1.25. The summed E-state index contributed by atoms with van der Waals surface area (Å²) in [6, 6.07) is 0. The maximum absolute atomic E-state index is 13.4. The molecular weight excluding hydrogens is 412 g/mol. The predicted octanol–water partition coefficient (Wildman–Crippen LogP) is 2.92. The number of aliphatic hydroxyl groups is 1. The van der Waals surface area contributed by atoms with E-state index in [4.69, 9.17) is 9.47 Å². The zero-order valence-corrected chi connectivity index (χ0v) is 19.4. The van der Waals surface area contributed by atoms with Gasteiger partial charge in [-0.3, -0.25) is 19.2 Å². The van der Waals surface area contributed by atoms with E-state index in [2.05, 4.69) is 6.92 Å². The number of aliphatic hydroxyl groups excluding tert-OH is 1. The number of carbonyl (C=O) groups excluding carboxylic acids is 4. The minimum Gasteiger partial charge on any atom is -0.458 e. The van der Waals surface area contributed by atoms with E-state index in [1.54, 1.807) is 6.08 Å². The van der Waals surface area contributed by atoms with Crippen molar-refractivity contribution in [3.63, 3.8) is 0 Å². The Balaban J connectivity index is 1.72. The molecular formula is C25H34O7. The standard InChI is InChI=1S/C25H34O7/c1-14(26)31-13-21(30)25(32-15(2)27)10-8-19-18-6-5-16-11-17(28)7-9-23(16,3)22(18)20(29)12-24(19,25)4/h11,18-20,22,29H,5-10,12-13H2,1-4H3. The molecule has 7 heteroatoms. The van der Waals surface area contributed by atoms with Gasteiger partial charge in [-0.15, -0.1) is 0 Å². The van der Waals surface area contributed by atoms with Crippen LogP contribution in [0.4, 0.5) is 0 Å². The van der Waals surface area contributed by atoms with E-state index < -0.39 is 41.4 Å². The molecule has 4 aliphatic rings. The number of carbonyl (C=O) groups is 4. The number of ether oxygens (including phenoxy) is 2. The summed E-state index contributed by atoms with van der Waals surface area (Å²) in [7, 11) is 0. The Morgan fingerprint density at radius 2 is 1.81 bits per heavy atom. The summed E-state index contributed by atoms with van der Waals surface area (Å²) < 4.78 is 10.8. The second-order valence-corrected chi connectivity index (χ2v) is 10.7. The Kier molecular flexibility index (Phi) is 5.63. The van der Waals surface area contributed by atoms with Crippen LogP contribution in [0.5, 0.6) is 0 Å². The summed E-state index contributed by atoms with van der Waals surface area (Å²) in [6.07, 6.45) is 5.39. The summed E-state index contributed by atoms with van der Waals surface area (Å²) in [4.78, 5) is 48.9. The highest BCUT2D eigenvalue weighted by Crippen LogP contribution is 2.68. The van der Waals surface area contributed by atoms with Crippen molar-refractivity contribution in [2.24, 2.45) is 28.6 Å². The van der Waals surface area contributed by atoms with E-state index in [9.17, 15) is 24.3 Å². The smallest absolute Gasteiger partial charge is 0.303 e. The van der Waals surface area contributed by atoms with Gasteiger partial charge in [-0.2, -0.15) is 0 Å². The number of ketones is 2. The molecule has 0 spiro atoms. The van der Waals surface area contributed by atoms with Gasteiger partial charge in [-0.1, -0.05) is 19.4 Å². The van der Waals surface area contributed by atoms with E-state index in [0.29, 0.717) is 25.7 Å². The van der Waals surface area contributed by atoms with Gasteiger partial charge in [0, 0.05) is 25.7 Å². The monoisotopic (exact) mass is 446 g/mol. The van der Waals surface area contributed by atoms with Crippen LogP contribution in [0.2, 0.25) is 0 Å². The molecule has 0 aromatic heterocycles. The number of hydrogen-bond acceptors (Lipinski definition) is 7. The van der Waals surface area contributed by atoms with Crippen molar-refractivity contribution in [3.8, 4) is 0 Å². The first-order valence-electron chi connectivity index (χ1n) is 11.7. The molecule has 7 unspecified atom stereocenters. The van der Waals surface area contributed by atoms with Gasteiger partial charge in [0.25, 0.3) is 0 Å². The zero-order chi connectivity index (χ0) is 23.5. The van der Waals surface area contributed by atoms with E-state index in [-0.39, 0.29) is 29.0 Å². The van der Waals surface area contributed by atoms with Crippen molar-refractivity contribution in [1.29, 1.82) is 0 Å². The maximum atomic E-state index is 13.4. The molecule has 0 aliphatic heterocycles. The number of rotatable bonds is 4. The molecule has 0 aromatic rings. The van der Waals surface area contributed by atoms with E-state index in [1.807, 2.05) is 6.92 Å². The molecule has 1 N–H and O–H groups in total. The van der Waals surface area contributed by atoms with Gasteiger partial charge in [0.15, 0.2) is 18.0 Å². The van der Waals surface area contributed by atoms with Gasteiger partial charge in [0.2, 0.25) is 5.78 Å². The van der Waals surface area contributed by atoms with Crippen LogP contribution in [0, 0.1) is 28.6 Å². The SMILES string of the molecule is CC(=O)OCC(=O)C1(OC(C)=O)CCC2C3CCC4=CC(=O)CCC4(C)C3C(O)CC21C. The van der Waals surface area contributed by atoms with Crippen LogP contribution < -0.4 is 0 Å². The summed E-state index contributed by atoms with van der Waals surface area (Å²) >= 11 is 0. The Morgan fingerprint density at radius 3 is 2.47 bits per heavy atom. The predicted molar refractivity (Wildman–Crippen MR) is 114 cm³/mol. The summed E-state index contributed by atoms with van der Waals surface area (Å²) in [5, 5.41) is 11.5. The summed E-state index contributed by atoms with van der Waals surface area (Å²) in [5.74, 6) is -1.10. The zero-order valence-electron chi connectivity index (χ0n) is 19.4. The summed E-state index contributed by atoms with van der Waals surface area (Å²) in [6.45, 7) is 6.22. The molecule has 0 heterocycles. The van der Waals surface area contributed by atoms with Crippen LogP contribution in [0.1, 0.15) is 72.6 Å². The molecule has 0 amide bonds. The van der Waals surface area contributed by atoms with Gasteiger partial charge in [0.1, 0.15) is 0 Å². The van der Waals surface area contributed by atoms with Gasteiger partial charge in [-0.25, -0.2) is 0 Å². The third-order valence-corrected chi connectivity index (χ3v) is 9.19. The molecule has 0 aromatic carbocycles. The fraction of sp³-hybridized carbons (Fsp3) is 0.760. The van der Waals surface area contributed by atoms with Crippen molar-refractivity contribution in [1.82, 2.24) is 0 Å². The normalized spacial score (nSPS) is 42.8. The first-order chi connectivity index (χ1) is 14.9. The fourth-order valence-corrected chi connectivity index (χ4v) is 7.89. The van der Waals surface area contributed by atoms with E-state index in [1.165, 1.54) is 13.8 Å². The van der Waals surface area contributed by atoms with Gasteiger partial charge >= 0.3 is 11.9 Å². The molecule has 0 saturated heterocycles. The van der Waals surface area contributed by atoms with Crippen LogP contribution in [0.15, 0.2) is 11.6 Å². The average Bonchev–Trinajstić information content (AvgIpc) is 2.98. The Labute approximate surface area is 188 Å². The number of Topliss-reactive ketones (excluding diaryl/α,β-unsaturated/α-hetero) is 1. The molecule has 0 bridgehead atoms. The molecule has 32 heavy (non-hydrogen) atoms. The second-order valence-electron chi connectivity index (χ2n) is 10.7. The second kappa shape index (κ2) is 7.79. The lowest BCUT2D eigenvalue weighted by molar-refractivity contribution is -0.201. The maximum Gasteiger partial charge on any atom is 0.303 e. The van der Waals surface area contributed by atoms with Crippen LogP contribution >= 0.6 is 0 Å². The van der Waals surface area contributed by atoms with Crippen LogP contribution in [-0.4, -0.2) is 46.9 Å². The molecule has 3 fully saturated rings. The molecule has 7 nitrogen and oxygen atoms in total. The highest BCUT2D eigenvalue weighted by atomic mass is 16.6. The molecule has 4 aliphatic carbocycles. The lowest BCUT2D eigenvalue weighted by atomic mass is 9.45. The van der Waals surface area contributed by atoms with Crippen molar-refractivity contribution >= 4 is 23.5 Å². The van der Waals surface area contributed by atoms with E-state index >= 15 is 0 Å². The number of hydrogen-bond donors (Lipinski definition) is 1. The number of fused-ring (bicyclic) bond motifs is 5. The molecule has 176 valence electrons. The van der Waals surface area contributed by atoms with Crippen molar-refractivity contribution in [3.05, 3.63) is 11.6 Å². The Morgan fingerprint density at radius 1 is 1.09 bits per heavy atom. The first kappa shape index (κ1) is 23.1. The average molecular weight is 447 g/mol. The van der Waals surface area contributed by atoms with Gasteiger partial charge in [0.05, 0.1) is 6.10 Å². The van der Waals surface area contributed by atoms with Gasteiger partial charge < -0.3 is 14.6 Å². The lowest BCUT2D eigenvalue weighted by Crippen LogP contribution is -2.63. The van der Waals surface area contributed by atoms with Crippen molar-refractivity contribution in [2.75, 3.05) is 6.61 Å². The van der Waals surface area contributed by atoms with Crippen LogP contribution in [0.25, 0.3) is 0 Å². The molecule has 4 rings (SSSR count). The number of esters is 2. The fourth-order valence-electron chi connectivity index (χ4n) is 7.89. The Hall–Kier alpha value is -2.02. The van der Waals surface area contributed by atoms with Crippen LogP contribution in [-0.2, 0) is 28.7 Å². The third-order valence-electron chi connectivity index (χ3n) is 9.19. The van der Waals surface area contributed by atoms with Crippen LogP contribution in [0.3, 0.4) is 0 Å². The lowest BCUT2D eigenvalue weighted by Gasteiger charge is -2.60. The number of allylic oxidation sites excluding steroid dienone is 1. The highest BCUT2D eigenvalue weighted by Gasteiger charge is 2.70. The molecule has 7 atom stereocenters. The minimum atomic E-state index is -1.41. The largest absolute Gasteiger partial charge is 0.458 e. The van der Waals surface area contributed by atoms with Crippen molar-refractivity contribution < 1.29 is 33.8 Å². The molecule has 3 saturated carbocycles. The quantitative estimate of drug-likeness (QED) is 0.662. The highest BCUT2D eigenvalue weighted by molar-refractivity contribution is 5.93. The van der Waals surface area contributed by atoms with Gasteiger partial charge in [-0.05, 0) is 67.8 Å². The first-order valence-corrected chi connectivity index (χ1v) is 11.7.